The molecule has 2 atom stereocenters. The zero-order valence-corrected chi connectivity index (χ0v) is 19.2. The highest BCUT2D eigenvalue weighted by Gasteiger charge is 2.37. The second kappa shape index (κ2) is 9.38. The molecule has 1 aromatic carbocycles. The third-order valence-electron chi connectivity index (χ3n) is 6.00. The lowest BCUT2D eigenvalue weighted by Gasteiger charge is -2.37. The number of aryl methyl sites for hydroxylation is 3. The number of fused-ring (bicyclic) bond motifs is 1. The molecule has 0 fully saturated rings. The minimum atomic E-state index is -0.459. The molecule has 1 aliphatic rings. The van der Waals surface area contributed by atoms with Crippen LogP contribution in [0.2, 0.25) is 0 Å². The van der Waals surface area contributed by atoms with Gasteiger partial charge in [-0.15, -0.1) is 0 Å². The van der Waals surface area contributed by atoms with Gasteiger partial charge >= 0.3 is 0 Å². The molecule has 9 heteroatoms. The molecule has 0 saturated carbocycles. The molecule has 0 spiro atoms. The van der Waals surface area contributed by atoms with Crippen molar-refractivity contribution < 1.29 is 9.53 Å². The number of hydrogen-bond acceptors (Lipinski definition) is 7. The van der Waals surface area contributed by atoms with Crippen molar-refractivity contribution in [2.45, 2.75) is 45.4 Å². The summed E-state index contributed by atoms with van der Waals surface area (Å²) in [5.74, 6) is 1.29. The van der Waals surface area contributed by atoms with Crippen molar-refractivity contribution >= 4 is 17.4 Å². The van der Waals surface area contributed by atoms with Gasteiger partial charge in [0.05, 0.1) is 36.2 Å². The molecule has 170 valence electrons. The van der Waals surface area contributed by atoms with Crippen LogP contribution in [0.15, 0.2) is 36.7 Å². The van der Waals surface area contributed by atoms with Crippen LogP contribution in [0.25, 0.3) is 0 Å². The number of aromatic nitrogens is 4. The number of nitrogens with one attached hydrogen (secondary N) is 1. The summed E-state index contributed by atoms with van der Waals surface area (Å²) in [5, 5.41) is 16.7. The van der Waals surface area contributed by atoms with Crippen molar-refractivity contribution in [3.8, 4) is 6.07 Å². The Bertz CT molecular complexity index is 1210. The van der Waals surface area contributed by atoms with Crippen LogP contribution in [-0.2, 0) is 28.9 Å². The van der Waals surface area contributed by atoms with Crippen molar-refractivity contribution in [3.05, 3.63) is 64.9 Å². The largest absolute Gasteiger partial charge is 0.379 e. The summed E-state index contributed by atoms with van der Waals surface area (Å²) in [5.41, 5.74) is 4.05. The molecule has 1 N–H and O–H groups in total. The summed E-state index contributed by atoms with van der Waals surface area (Å²) in [4.78, 5) is 23.8. The van der Waals surface area contributed by atoms with E-state index in [1.165, 1.54) is 0 Å². The van der Waals surface area contributed by atoms with E-state index in [1.54, 1.807) is 7.11 Å². The van der Waals surface area contributed by atoms with E-state index in [0.717, 1.165) is 23.2 Å². The average molecular weight is 446 g/mol. The third kappa shape index (κ3) is 4.56. The molecule has 0 radical (unpaired) electrons. The number of hydrogen-bond donors (Lipinski definition) is 1. The number of nitriles is 1. The number of nitrogens with zero attached hydrogens (tertiary/aromatic N) is 6. The Morgan fingerprint density at radius 1 is 1.27 bits per heavy atom. The van der Waals surface area contributed by atoms with Crippen molar-refractivity contribution in [3.63, 3.8) is 0 Å². The van der Waals surface area contributed by atoms with Gasteiger partial charge in [-0.2, -0.15) is 10.4 Å². The Labute approximate surface area is 193 Å². The van der Waals surface area contributed by atoms with Gasteiger partial charge in [0.15, 0.2) is 5.82 Å². The molecular formula is C24H27N7O2. The summed E-state index contributed by atoms with van der Waals surface area (Å²) in [6.45, 7) is 4.29. The highest BCUT2D eigenvalue weighted by atomic mass is 16.5. The number of anilines is 2. The number of carbonyl (C=O) groups excluding carboxylic acids is 1. The fraction of sp³-hybridized carbons (Fsp3) is 0.375. The molecule has 0 aliphatic carbocycles. The van der Waals surface area contributed by atoms with E-state index in [-0.39, 0.29) is 12.0 Å². The maximum Gasteiger partial charge on any atom is 0.249 e. The van der Waals surface area contributed by atoms with Gasteiger partial charge < -0.3 is 15.0 Å². The highest BCUT2D eigenvalue weighted by Crippen LogP contribution is 2.32. The first-order chi connectivity index (χ1) is 15.9. The van der Waals surface area contributed by atoms with Gasteiger partial charge in [0.1, 0.15) is 17.6 Å². The van der Waals surface area contributed by atoms with Crippen LogP contribution >= 0.6 is 0 Å². The van der Waals surface area contributed by atoms with Crippen LogP contribution in [0.1, 0.15) is 35.1 Å². The van der Waals surface area contributed by atoms with E-state index in [4.69, 9.17) is 9.72 Å². The van der Waals surface area contributed by atoms with E-state index in [0.29, 0.717) is 35.9 Å². The quantitative estimate of drug-likeness (QED) is 0.595. The van der Waals surface area contributed by atoms with Crippen LogP contribution in [-0.4, -0.2) is 52.0 Å². The number of carbonyl (C=O) groups is 1. The topological polar surface area (TPSA) is 109 Å². The number of rotatable bonds is 7. The normalized spacial score (nSPS) is 16.2. The van der Waals surface area contributed by atoms with Gasteiger partial charge in [-0.05, 0) is 37.5 Å². The summed E-state index contributed by atoms with van der Waals surface area (Å²) in [6, 6.07) is 9.30. The van der Waals surface area contributed by atoms with Crippen molar-refractivity contribution in [2.24, 2.45) is 0 Å². The van der Waals surface area contributed by atoms with Crippen molar-refractivity contribution in [2.75, 3.05) is 24.4 Å². The second-order valence-electron chi connectivity index (χ2n) is 8.22. The lowest BCUT2D eigenvalue weighted by Crippen LogP contribution is -2.53. The van der Waals surface area contributed by atoms with Gasteiger partial charge in [0, 0.05) is 26.8 Å². The summed E-state index contributed by atoms with van der Waals surface area (Å²) in [6.07, 6.45) is 4.91. The molecule has 0 unspecified atom stereocenters. The van der Waals surface area contributed by atoms with Crippen molar-refractivity contribution in [1.82, 2.24) is 19.7 Å². The molecule has 9 nitrogen and oxygen atoms in total. The maximum atomic E-state index is 12.6. The van der Waals surface area contributed by atoms with E-state index >= 15 is 0 Å². The molecule has 2 aromatic heterocycles. The van der Waals surface area contributed by atoms with Crippen LogP contribution < -0.4 is 10.2 Å². The molecular weight excluding hydrogens is 418 g/mol. The first-order valence-corrected chi connectivity index (χ1v) is 10.8. The van der Waals surface area contributed by atoms with Crippen LogP contribution in [0.4, 0.5) is 11.5 Å². The summed E-state index contributed by atoms with van der Waals surface area (Å²) in [7, 11) is 3.45. The third-order valence-corrected chi connectivity index (χ3v) is 6.00. The molecule has 4 rings (SSSR count). The number of likely N-dealkylation sites (N-methyl/N-ethyl adjacent to an activating group) is 1. The fourth-order valence-electron chi connectivity index (χ4n) is 4.11. The van der Waals surface area contributed by atoms with Crippen LogP contribution in [0.3, 0.4) is 0 Å². The highest BCUT2D eigenvalue weighted by molar-refractivity contribution is 6.03. The molecule has 3 aromatic rings. The minimum absolute atomic E-state index is 0.121. The number of amides is 1. The van der Waals surface area contributed by atoms with Crippen LogP contribution in [0.5, 0.6) is 0 Å². The standard InChI is InChI=1S/C24H27N7O2/c1-15-21-23(30(3)22(16(2)33-4)24(32)29-21)28-20(27-15)10-9-17-12-26-31(13-17)14-19-8-6-5-7-18(19)11-25/h5-8,12-13,16,22H,9-10,14H2,1-4H3,(H,29,32)/t16-,22+/m1/s1. The molecule has 0 bridgehead atoms. The van der Waals surface area contributed by atoms with Gasteiger partial charge in [0.2, 0.25) is 5.91 Å². The smallest absolute Gasteiger partial charge is 0.249 e. The lowest BCUT2D eigenvalue weighted by molar-refractivity contribution is -0.120. The molecule has 0 saturated heterocycles. The Hall–Kier alpha value is -3.77. The second-order valence-corrected chi connectivity index (χ2v) is 8.22. The number of benzene rings is 1. The Balaban J connectivity index is 1.48. The first-order valence-electron chi connectivity index (χ1n) is 10.8. The summed E-state index contributed by atoms with van der Waals surface area (Å²) < 4.78 is 7.24. The van der Waals surface area contributed by atoms with Crippen molar-refractivity contribution in [1.29, 1.82) is 5.26 Å². The predicted molar refractivity (Wildman–Crippen MR) is 124 cm³/mol. The predicted octanol–water partition coefficient (Wildman–Crippen LogP) is 2.48. The Kier molecular flexibility index (Phi) is 6.38. The van der Waals surface area contributed by atoms with E-state index < -0.39 is 6.04 Å². The first kappa shape index (κ1) is 22.4. The van der Waals surface area contributed by atoms with Gasteiger partial charge in [-0.1, -0.05) is 18.2 Å². The monoisotopic (exact) mass is 445 g/mol. The number of methoxy groups -OCH3 is 1. The minimum Gasteiger partial charge on any atom is -0.379 e. The van der Waals surface area contributed by atoms with E-state index in [2.05, 4.69) is 21.5 Å². The Morgan fingerprint density at radius 3 is 2.82 bits per heavy atom. The molecule has 3 heterocycles. The van der Waals surface area contributed by atoms with Crippen LogP contribution in [0, 0.1) is 18.3 Å². The molecule has 1 amide bonds. The van der Waals surface area contributed by atoms with E-state index in [1.807, 2.05) is 67.1 Å². The maximum absolute atomic E-state index is 12.6. The fourth-order valence-corrected chi connectivity index (χ4v) is 4.11. The van der Waals surface area contributed by atoms with Gasteiger partial charge in [-0.25, -0.2) is 9.97 Å². The number of ether oxygens (including phenoxy) is 1. The Morgan fingerprint density at radius 2 is 2.06 bits per heavy atom. The van der Waals surface area contributed by atoms with Gasteiger partial charge in [-0.3, -0.25) is 9.48 Å². The zero-order chi connectivity index (χ0) is 23.5. The summed E-state index contributed by atoms with van der Waals surface area (Å²) >= 11 is 0. The molecule has 33 heavy (non-hydrogen) atoms. The zero-order valence-electron chi connectivity index (χ0n) is 19.2. The average Bonchev–Trinajstić information content (AvgIpc) is 3.26. The van der Waals surface area contributed by atoms with Gasteiger partial charge in [0.25, 0.3) is 0 Å². The SMILES string of the molecule is CO[C@H](C)[C@H]1C(=O)Nc2c(C)nc(CCc3cnn(Cc4ccccc4C#N)c3)nc2N1C. The lowest BCUT2D eigenvalue weighted by atomic mass is 10.1. The van der Waals surface area contributed by atoms with E-state index in [9.17, 15) is 10.1 Å². The molecule has 1 aliphatic heterocycles.